The van der Waals surface area contributed by atoms with E-state index in [9.17, 15) is 14.7 Å². The Hall–Kier alpha value is -2.03. The summed E-state index contributed by atoms with van der Waals surface area (Å²) in [5.74, 6) is -0.0955. The number of amides is 1. The molecule has 1 unspecified atom stereocenters. The summed E-state index contributed by atoms with van der Waals surface area (Å²) in [7, 11) is 0. The molecular weight excluding hydrogens is 346 g/mol. The van der Waals surface area contributed by atoms with E-state index in [1.165, 1.54) is 17.4 Å². The molecule has 4 rings (SSSR count). The number of carbonyl (C=O) groups is 1. The minimum atomic E-state index is -0.422. The van der Waals surface area contributed by atoms with E-state index in [0.717, 1.165) is 4.88 Å². The van der Waals surface area contributed by atoms with Crippen molar-refractivity contribution >= 4 is 33.5 Å². The number of nitrogens with one attached hydrogen (secondary N) is 1. The summed E-state index contributed by atoms with van der Waals surface area (Å²) in [6, 6.07) is 5.04. The lowest BCUT2D eigenvalue weighted by atomic mass is 9.76. The molecule has 1 atom stereocenters. The molecule has 3 aromatic rings. The van der Waals surface area contributed by atoms with Gasteiger partial charge in [-0.15, -0.1) is 22.7 Å². The summed E-state index contributed by atoms with van der Waals surface area (Å²) in [6.45, 7) is 0. The standard InChI is InChI=1S/C16H15N3O3S2/c20-10-6-9(7-10)14(12-2-1-4-23-12)18-15(22)11-8-13(21)17-16-19(11)3-5-24-16/h1-5,8-10,14,20H,6-7H2,(H,18,22). The van der Waals surface area contributed by atoms with Gasteiger partial charge in [-0.1, -0.05) is 6.07 Å². The summed E-state index contributed by atoms with van der Waals surface area (Å²) in [6.07, 6.45) is 2.79. The SMILES string of the molecule is O=C(NC(c1cccs1)C1CC(O)C1)c1cc(=O)nc2sccn12. The van der Waals surface area contributed by atoms with Gasteiger partial charge in [0.2, 0.25) is 0 Å². The van der Waals surface area contributed by atoms with Gasteiger partial charge in [-0.05, 0) is 30.2 Å². The number of carbonyl (C=O) groups excluding carboxylic acids is 1. The Bertz CT molecular complexity index is 926. The third kappa shape index (κ3) is 2.77. The van der Waals surface area contributed by atoms with Crippen molar-refractivity contribution in [1.82, 2.24) is 14.7 Å². The van der Waals surface area contributed by atoms with Crippen molar-refractivity contribution in [3.05, 3.63) is 56.1 Å². The molecule has 0 bridgehead atoms. The van der Waals surface area contributed by atoms with Gasteiger partial charge in [0.05, 0.1) is 12.1 Å². The molecule has 6 nitrogen and oxygen atoms in total. The van der Waals surface area contributed by atoms with Crippen LogP contribution in [-0.2, 0) is 0 Å². The maximum atomic E-state index is 12.8. The molecule has 0 aliphatic heterocycles. The monoisotopic (exact) mass is 361 g/mol. The number of aromatic nitrogens is 2. The maximum Gasteiger partial charge on any atom is 0.274 e. The molecule has 8 heteroatoms. The summed E-state index contributed by atoms with van der Waals surface area (Å²) in [5, 5.41) is 16.4. The minimum absolute atomic E-state index is 0.154. The lowest BCUT2D eigenvalue weighted by Crippen LogP contribution is -2.41. The maximum absolute atomic E-state index is 12.8. The van der Waals surface area contributed by atoms with Crippen molar-refractivity contribution in [3.63, 3.8) is 0 Å². The van der Waals surface area contributed by atoms with E-state index in [4.69, 9.17) is 0 Å². The quantitative estimate of drug-likeness (QED) is 0.745. The van der Waals surface area contributed by atoms with Crippen molar-refractivity contribution < 1.29 is 9.90 Å². The fraction of sp³-hybridized carbons (Fsp3) is 0.312. The molecule has 1 aliphatic carbocycles. The fourth-order valence-corrected chi connectivity index (χ4v) is 4.62. The van der Waals surface area contributed by atoms with Gasteiger partial charge in [-0.3, -0.25) is 14.0 Å². The summed E-state index contributed by atoms with van der Waals surface area (Å²) in [4.78, 5) is 30.0. The normalized spacial score (nSPS) is 21.4. The zero-order valence-electron chi connectivity index (χ0n) is 12.6. The Morgan fingerprint density at radius 3 is 2.92 bits per heavy atom. The lowest BCUT2D eigenvalue weighted by molar-refractivity contribution is 0.0240. The zero-order chi connectivity index (χ0) is 16.7. The molecule has 0 aromatic carbocycles. The fourth-order valence-electron chi connectivity index (χ4n) is 3.03. The van der Waals surface area contributed by atoms with Crippen LogP contribution in [0.15, 0.2) is 40.0 Å². The van der Waals surface area contributed by atoms with Gasteiger partial charge in [-0.2, -0.15) is 4.98 Å². The first kappa shape index (κ1) is 15.5. The second kappa shape index (κ2) is 6.12. The summed E-state index contributed by atoms with van der Waals surface area (Å²) < 4.78 is 1.63. The van der Waals surface area contributed by atoms with Crippen LogP contribution in [0.1, 0.15) is 34.2 Å². The van der Waals surface area contributed by atoms with E-state index in [2.05, 4.69) is 10.3 Å². The van der Waals surface area contributed by atoms with E-state index in [-0.39, 0.29) is 29.7 Å². The third-order valence-electron chi connectivity index (χ3n) is 4.31. The first-order valence-corrected chi connectivity index (χ1v) is 9.37. The van der Waals surface area contributed by atoms with Crippen LogP contribution in [0.25, 0.3) is 4.96 Å². The molecule has 124 valence electrons. The van der Waals surface area contributed by atoms with Crippen molar-refractivity contribution in [1.29, 1.82) is 0 Å². The number of fused-ring (bicyclic) bond motifs is 1. The van der Waals surface area contributed by atoms with Gasteiger partial charge in [0.1, 0.15) is 5.69 Å². The molecule has 3 aromatic heterocycles. The molecular formula is C16H15N3O3S2. The van der Waals surface area contributed by atoms with Crippen LogP contribution in [0.4, 0.5) is 0 Å². The molecule has 1 aliphatic rings. The number of aliphatic hydroxyl groups is 1. The van der Waals surface area contributed by atoms with Crippen LogP contribution < -0.4 is 10.9 Å². The smallest absolute Gasteiger partial charge is 0.274 e. The molecule has 0 saturated heterocycles. The van der Waals surface area contributed by atoms with E-state index in [1.54, 1.807) is 27.3 Å². The van der Waals surface area contributed by atoms with Gasteiger partial charge in [0, 0.05) is 22.5 Å². The van der Waals surface area contributed by atoms with Crippen molar-refractivity contribution in [2.24, 2.45) is 5.92 Å². The molecule has 24 heavy (non-hydrogen) atoms. The topological polar surface area (TPSA) is 83.7 Å². The number of aliphatic hydroxyl groups excluding tert-OH is 1. The van der Waals surface area contributed by atoms with E-state index in [0.29, 0.717) is 17.8 Å². The molecule has 1 saturated carbocycles. The second-order valence-corrected chi connectivity index (χ2v) is 7.74. The molecule has 0 radical (unpaired) electrons. The summed E-state index contributed by atoms with van der Waals surface area (Å²) in [5.41, 5.74) is -0.137. The lowest BCUT2D eigenvalue weighted by Gasteiger charge is -2.37. The van der Waals surface area contributed by atoms with E-state index in [1.807, 2.05) is 17.5 Å². The first-order chi connectivity index (χ1) is 11.6. The van der Waals surface area contributed by atoms with Crippen LogP contribution in [0.5, 0.6) is 0 Å². The molecule has 2 N–H and O–H groups in total. The van der Waals surface area contributed by atoms with Crippen LogP contribution in [-0.4, -0.2) is 26.5 Å². The van der Waals surface area contributed by atoms with Crippen LogP contribution in [0, 0.1) is 5.92 Å². The van der Waals surface area contributed by atoms with Crippen LogP contribution >= 0.6 is 22.7 Å². The zero-order valence-corrected chi connectivity index (χ0v) is 14.2. The van der Waals surface area contributed by atoms with Crippen LogP contribution in [0.3, 0.4) is 0 Å². The predicted molar refractivity (Wildman–Crippen MR) is 92.6 cm³/mol. The van der Waals surface area contributed by atoms with Crippen molar-refractivity contribution in [2.45, 2.75) is 25.0 Å². The Morgan fingerprint density at radius 1 is 1.38 bits per heavy atom. The first-order valence-electron chi connectivity index (χ1n) is 7.61. The second-order valence-electron chi connectivity index (χ2n) is 5.89. The average molecular weight is 361 g/mol. The van der Waals surface area contributed by atoms with E-state index < -0.39 is 5.56 Å². The Labute approximate surface area is 145 Å². The van der Waals surface area contributed by atoms with Gasteiger partial charge >= 0.3 is 0 Å². The van der Waals surface area contributed by atoms with Crippen LogP contribution in [0.2, 0.25) is 0 Å². The molecule has 1 fully saturated rings. The molecule has 0 spiro atoms. The highest BCUT2D eigenvalue weighted by molar-refractivity contribution is 7.15. The summed E-state index contributed by atoms with van der Waals surface area (Å²) >= 11 is 2.89. The van der Waals surface area contributed by atoms with Gasteiger partial charge in [0.25, 0.3) is 11.5 Å². The number of thiophene rings is 1. The Morgan fingerprint density at radius 2 is 2.21 bits per heavy atom. The molecule has 1 amide bonds. The average Bonchev–Trinajstić information content (AvgIpc) is 3.19. The minimum Gasteiger partial charge on any atom is -0.393 e. The Balaban J connectivity index is 1.65. The van der Waals surface area contributed by atoms with Gasteiger partial charge in [0.15, 0.2) is 4.96 Å². The molecule has 3 heterocycles. The van der Waals surface area contributed by atoms with Crippen molar-refractivity contribution in [2.75, 3.05) is 0 Å². The van der Waals surface area contributed by atoms with Crippen molar-refractivity contribution in [3.8, 4) is 0 Å². The van der Waals surface area contributed by atoms with Gasteiger partial charge in [-0.25, -0.2) is 0 Å². The number of nitrogens with zero attached hydrogens (tertiary/aromatic N) is 2. The highest BCUT2D eigenvalue weighted by Gasteiger charge is 2.36. The largest absolute Gasteiger partial charge is 0.393 e. The number of hydrogen-bond acceptors (Lipinski definition) is 6. The third-order valence-corrected chi connectivity index (χ3v) is 6.02. The highest BCUT2D eigenvalue weighted by Crippen LogP contribution is 2.39. The van der Waals surface area contributed by atoms with Gasteiger partial charge < -0.3 is 10.4 Å². The highest BCUT2D eigenvalue weighted by atomic mass is 32.1. The number of thiazole rings is 1. The van der Waals surface area contributed by atoms with E-state index >= 15 is 0 Å². The predicted octanol–water partition coefficient (Wildman–Crippen LogP) is 2.06. The Kier molecular flexibility index (Phi) is 3.95. The number of rotatable bonds is 4. The number of hydrogen-bond donors (Lipinski definition) is 2.